The summed E-state index contributed by atoms with van der Waals surface area (Å²) in [4.78, 5) is 53.0. The van der Waals surface area contributed by atoms with E-state index in [9.17, 15) is 29.6 Å². The molecule has 2 rings (SSSR count). The summed E-state index contributed by atoms with van der Waals surface area (Å²) in [5, 5.41) is 29.2. The Hall–Kier alpha value is -4.52. The Labute approximate surface area is 226 Å². The predicted molar refractivity (Wildman–Crippen MR) is 145 cm³/mol. The summed E-state index contributed by atoms with van der Waals surface area (Å²) in [6, 6.07) is 11.9. The van der Waals surface area contributed by atoms with Crippen molar-refractivity contribution in [2.75, 3.05) is 6.54 Å². The highest BCUT2D eigenvalue weighted by Crippen LogP contribution is 2.14. The van der Waals surface area contributed by atoms with Crippen molar-refractivity contribution in [2.45, 2.75) is 57.3 Å². The molecule has 0 bridgehead atoms. The number of nitrogens with zero attached hydrogens (tertiary/aromatic N) is 2. The molecule has 0 saturated heterocycles. The first-order valence-corrected chi connectivity index (χ1v) is 12.4. The number of hydrogen-bond donors (Lipinski definition) is 6. The number of rotatable bonds is 14. The number of nitro groups is 1. The Morgan fingerprint density at radius 2 is 1.62 bits per heavy atom. The molecule has 0 radical (unpaired) electrons. The van der Waals surface area contributed by atoms with Crippen LogP contribution in [0.25, 0.3) is 0 Å². The van der Waals surface area contributed by atoms with Gasteiger partial charge in [0, 0.05) is 31.5 Å². The fraction of sp³-hybridized carbons (Fsp3) is 0.385. The minimum absolute atomic E-state index is 0.0158. The van der Waals surface area contributed by atoms with Gasteiger partial charge in [-0.1, -0.05) is 42.5 Å². The van der Waals surface area contributed by atoms with Crippen LogP contribution in [0, 0.1) is 10.1 Å². The lowest BCUT2D eigenvalue weighted by Crippen LogP contribution is -2.57. The van der Waals surface area contributed by atoms with Gasteiger partial charge in [-0.15, -0.1) is 0 Å². The summed E-state index contributed by atoms with van der Waals surface area (Å²) in [6.45, 7) is 3.36. The molecule has 0 aliphatic heterocycles. The molecule has 0 heterocycles. The highest BCUT2D eigenvalue weighted by Gasteiger charge is 2.30. The number of aliphatic hydroxyl groups is 1. The number of carbonyl (C=O) groups excluding carboxylic acids is 3. The molecule has 13 nitrogen and oxygen atoms in total. The second kappa shape index (κ2) is 15.0. The predicted octanol–water partition coefficient (Wildman–Crippen LogP) is 0.419. The van der Waals surface area contributed by atoms with Crippen molar-refractivity contribution in [3.8, 4) is 0 Å². The third-order valence-corrected chi connectivity index (χ3v) is 5.82. The van der Waals surface area contributed by atoms with Crippen LogP contribution in [0.1, 0.15) is 43.9 Å². The number of amides is 3. The third-order valence-electron chi connectivity index (χ3n) is 5.82. The molecule has 8 N–H and O–H groups in total. The number of hydrogen-bond acceptors (Lipinski definition) is 7. The van der Waals surface area contributed by atoms with Gasteiger partial charge in [0.1, 0.15) is 12.1 Å². The van der Waals surface area contributed by atoms with E-state index in [-0.39, 0.29) is 31.0 Å². The van der Waals surface area contributed by atoms with Gasteiger partial charge in [-0.2, -0.15) is 0 Å². The van der Waals surface area contributed by atoms with Crippen LogP contribution >= 0.6 is 0 Å². The number of carbonyl (C=O) groups is 3. The molecule has 0 aliphatic rings. The van der Waals surface area contributed by atoms with E-state index < -0.39 is 46.9 Å². The molecular weight excluding hydrogens is 506 g/mol. The van der Waals surface area contributed by atoms with Crippen molar-refractivity contribution in [3.63, 3.8) is 0 Å². The molecule has 0 saturated carbocycles. The summed E-state index contributed by atoms with van der Waals surface area (Å²) in [7, 11) is 0. The summed E-state index contributed by atoms with van der Waals surface area (Å²) >= 11 is 0. The van der Waals surface area contributed by atoms with Gasteiger partial charge in [0.25, 0.3) is 5.69 Å². The largest absolute Gasteiger partial charge is 0.391 e. The van der Waals surface area contributed by atoms with E-state index in [0.29, 0.717) is 12.0 Å². The highest BCUT2D eigenvalue weighted by molar-refractivity contribution is 5.92. The molecule has 0 aliphatic carbocycles. The van der Waals surface area contributed by atoms with Gasteiger partial charge in [0.05, 0.1) is 17.1 Å². The van der Waals surface area contributed by atoms with Crippen LogP contribution in [0.15, 0.2) is 59.6 Å². The molecule has 210 valence electrons. The SMILES string of the molecule is CC(NC(=O)C(NC(=O)C(Cc1ccc([N+](=O)[O-])cc1)NC(=O)CCCN=C(N)N)C(C)O)c1ccccc1. The molecular formula is C26H35N7O6. The van der Waals surface area contributed by atoms with Crippen molar-refractivity contribution >= 4 is 29.4 Å². The van der Waals surface area contributed by atoms with Gasteiger partial charge in [0.2, 0.25) is 17.7 Å². The lowest BCUT2D eigenvalue weighted by atomic mass is 10.0. The Morgan fingerprint density at radius 1 is 0.974 bits per heavy atom. The fourth-order valence-corrected chi connectivity index (χ4v) is 3.70. The Bertz CT molecular complexity index is 1150. The highest BCUT2D eigenvalue weighted by atomic mass is 16.6. The normalized spacial score (nSPS) is 13.7. The summed E-state index contributed by atoms with van der Waals surface area (Å²) in [5.74, 6) is -1.87. The molecule has 0 fully saturated rings. The number of benzene rings is 2. The van der Waals surface area contributed by atoms with Crippen LogP contribution in [-0.4, -0.2) is 58.4 Å². The number of nitrogens with two attached hydrogens (primary N) is 2. The molecule has 3 amide bonds. The Balaban J connectivity index is 2.16. The number of guanidine groups is 1. The number of nitro benzene ring substituents is 1. The quantitative estimate of drug-likeness (QED) is 0.0646. The average molecular weight is 542 g/mol. The Morgan fingerprint density at radius 3 is 2.18 bits per heavy atom. The molecule has 2 aromatic rings. The summed E-state index contributed by atoms with van der Waals surface area (Å²) in [6.07, 6.45) is -0.911. The third kappa shape index (κ3) is 10.4. The molecule has 39 heavy (non-hydrogen) atoms. The van der Waals surface area contributed by atoms with Crippen LogP contribution in [0.4, 0.5) is 5.69 Å². The maximum atomic E-state index is 13.3. The first kappa shape index (κ1) is 30.7. The molecule has 0 aromatic heterocycles. The van der Waals surface area contributed by atoms with Gasteiger partial charge < -0.3 is 32.5 Å². The zero-order chi connectivity index (χ0) is 28.9. The van der Waals surface area contributed by atoms with E-state index in [4.69, 9.17) is 11.5 Å². The van der Waals surface area contributed by atoms with E-state index in [1.54, 1.807) is 6.92 Å². The first-order valence-electron chi connectivity index (χ1n) is 12.4. The van der Waals surface area contributed by atoms with Crippen LogP contribution in [0.5, 0.6) is 0 Å². The summed E-state index contributed by atoms with van der Waals surface area (Å²) < 4.78 is 0. The zero-order valence-electron chi connectivity index (χ0n) is 21.9. The van der Waals surface area contributed by atoms with Crippen LogP contribution in [-0.2, 0) is 20.8 Å². The molecule has 0 spiro atoms. The van der Waals surface area contributed by atoms with Crippen molar-refractivity contribution in [1.29, 1.82) is 0 Å². The van der Waals surface area contributed by atoms with Crippen LogP contribution in [0.2, 0.25) is 0 Å². The maximum Gasteiger partial charge on any atom is 0.269 e. The van der Waals surface area contributed by atoms with Gasteiger partial charge in [-0.25, -0.2) is 0 Å². The molecule has 13 heteroatoms. The second-order valence-corrected chi connectivity index (χ2v) is 9.03. The number of aliphatic hydroxyl groups excluding tert-OH is 1. The van der Waals surface area contributed by atoms with Crippen molar-refractivity contribution in [2.24, 2.45) is 16.5 Å². The number of nitrogens with one attached hydrogen (secondary N) is 3. The number of non-ortho nitro benzene ring substituents is 1. The van der Waals surface area contributed by atoms with E-state index in [1.807, 2.05) is 30.3 Å². The average Bonchev–Trinajstić information content (AvgIpc) is 2.89. The van der Waals surface area contributed by atoms with Gasteiger partial charge in [-0.05, 0) is 31.4 Å². The Kier molecular flexibility index (Phi) is 11.8. The second-order valence-electron chi connectivity index (χ2n) is 9.03. The van der Waals surface area contributed by atoms with Crippen molar-refractivity contribution in [3.05, 3.63) is 75.8 Å². The minimum atomic E-state index is -1.30. The monoisotopic (exact) mass is 541 g/mol. The van der Waals surface area contributed by atoms with Crippen molar-refractivity contribution in [1.82, 2.24) is 16.0 Å². The van der Waals surface area contributed by atoms with Gasteiger partial charge in [-0.3, -0.25) is 29.5 Å². The van der Waals surface area contributed by atoms with E-state index in [0.717, 1.165) is 5.56 Å². The van der Waals surface area contributed by atoms with Crippen molar-refractivity contribution < 1.29 is 24.4 Å². The maximum absolute atomic E-state index is 13.3. The topological polar surface area (TPSA) is 215 Å². The number of aliphatic imine (C=N–C) groups is 1. The molecule has 4 unspecified atom stereocenters. The van der Waals surface area contributed by atoms with E-state index in [2.05, 4.69) is 20.9 Å². The lowest BCUT2D eigenvalue weighted by molar-refractivity contribution is -0.384. The minimum Gasteiger partial charge on any atom is -0.391 e. The van der Waals surface area contributed by atoms with E-state index >= 15 is 0 Å². The van der Waals surface area contributed by atoms with Crippen LogP contribution < -0.4 is 27.4 Å². The standard InChI is InChI=1S/C26H35N7O6/c1-16(19-7-4-3-5-8-19)30-25(37)23(17(2)34)32-24(36)21(31-22(35)9-6-14-29-26(27)28)15-18-10-12-20(13-11-18)33(38)39/h3-5,7-8,10-13,16-17,21,23,34H,6,9,14-15H2,1-2H3,(H,30,37)(H,31,35)(H,32,36)(H4,27,28,29). The summed E-state index contributed by atoms with van der Waals surface area (Å²) in [5.41, 5.74) is 11.8. The van der Waals surface area contributed by atoms with Gasteiger partial charge in [0.15, 0.2) is 5.96 Å². The lowest BCUT2D eigenvalue weighted by Gasteiger charge is -2.26. The smallest absolute Gasteiger partial charge is 0.269 e. The molecule has 2 aromatic carbocycles. The van der Waals surface area contributed by atoms with E-state index in [1.165, 1.54) is 31.2 Å². The molecule has 4 atom stereocenters. The van der Waals surface area contributed by atoms with Gasteiger partial charge >= 0.3 is 0 Å². The zero-order valence-corrected chi connectivity index (χ0v) is 21.9. The first-order chi connectivity index (χ1) is 18.5. The van der Waals surface area contributed by atoms with Crippen LogP contribution in [0.3, 0.4) is 0 Å². The fourth-order valence-electron chi connectivity index (χ4n) is 3.70.